The van der Waals surface area contributed by atoms with Crippen LogP contribution in [-0.4, -0.2) is 30.6 Å². The standard InChI is InChI=1S/C7H16N2.ClH/c1-6-7(8)4-3-5-9(6)2;/h6-7H,3-5,8H2,1-2H3;1H. The van der Waals surface area contributed by atoms with Crippen LogP contribution in [0.4, 0.5) is 0 Å². The van der Waals surface area contributed by atoms with Crippen molar-refractivity contribution in [3.63, 3.8) is 0 Å². The quantitative estimate of drug-likeness (QED) is 0.575. The van der Waals surface area contributed by atoms with Crippen LogP contribution in [0.3, 0.4) is 0 Å². The van der Waals surface area contributed by atoms with Crippen LogP contribution in [0.2, 0.25) is 0 Å². The second-order valence-corrected chi connectivity index (χ2v) is 3.03. The molecule has 0 saturated carbocycles. The Balaban J connectivity index is 0.000000810. The van der Waals surface area contributed by atoms with E-state index in [1.165, 1.54) is 19.4 Å². The van der Waals surface area contributed by atoms with Gasteiger partial charge in [-0.3, -0.25) is 0 Å². The van der Waals surface area contributed by atoms with Gasteiger partial charge in [-0.05, 0) is 33.4 Å². The van der Waals surface area contributed by atoms with E-state index >= 15 is 0 Å². The SMILES string of the molecule is CC1C(N)CCCN1C.Cl. The molecule has 0 bridgehead atoms. The van der Waals surface area contributed by atoms with E-state index in [1.807, 2.05) is 0 Å². The molecule has 0 aromatic heterocycles. The average Bonchev–Trinajstić information content (AvgIpc) is 1.83. The summed E-state index contributed by atoms with van der Waals surface area (Å²) in [5.74, 6) is 0. The molecule has 0 radical (unpaired) electrons. The largest absolute Gasteiger partial charge is 0.326 e. The maximum atomic E-state index is 5.83. The van der Waals surface area contributed by atoms with Gasteiger partial charge >= 0.3 is 0 Å². The maximum Gasteiger partial charge on any atom is 0.0215 e. The van der Waals surface area contributed by atoms with Gasteiger partial charge in [0.25, 0.3) is 0 Å². The van der Waals surface area contributed by atoms with Gasteiger partial charge in [-0.25, -0.2) is 0 Å². The van der Waals surface area contributed by atoms with Gasteiger partial charge in [-0.2, -0.15) is 0 Å². The second-order valence-electron chi connectivity index (χ2n) is 3.03. The molecule has 1 aliphatic heterocycles. The number of halogens is 1. The molecule has 0 spiro atoms. The molecule has 10 heavy (non-hydrogen) atoms. The Morgan fingerprint density at radius 1 is 1.50 bits per heavy atom. The highest BCUT2D eigenvalue weighted by Crippen LogP contribution is 2.12. The number of hydrogen-bond acceptors (Lipinski definition) is 2. The van der Waals surface area contributed by atoms with Crippen LogP contribution in [0, 0.1) is 0 Å². The Hall–Kier alpha value is 0.210. The van der Waals surface area contributed by atoms with E-state index in [0.29, 0.717) is 12.1 Å². The number of hydrogen-bond donors (Lipinski definition) is 1. The highest BCUT2D eigenvalue weighted by molar-refractivity contribution is 5.85. The van der Waals surface area contributed by atoms with Gasteiger partial charge in [-0.1, -0.05) is 0 Å². The van der Waals surface area contributed by atoms with Crippen LogP contribution >= 0.6 is 12.4 Å². The van der Waals surface area contributed by atoms with Gasteiger partial charge in [0, 0.05) is 12.1 Å². The van der Waals surface area contributed by atoms with Crippen molar-refractivity contribution in [3.05, 3.63) is 0 Å². The summed E-state index contributed by atoms with van der Waals surface area (Å²) in [5, 5.41) is 0. The fourth-order valence-electron chi connectivity index (χ4n) is 1.35. The number of nitrogens with zero attached hydrogens (tertiary/aromatic N) is 1. The smallest absolute Gasteiger partial charge is 0.0215 e. The van der Waals surface area contributed by atoms with Crippen LogP contribution in [0.15, 0.2) is 0 Å². The summed E-state index contributed by atoms with van der Waals surface area (Å²) in [6.45, 7) is 3.42. The van der Waals surface area contributed by atoms with Gasteiger partial charge < -0.3 is 10.6 Å². The van der Waals surface area contributed by atoms with Gasteiger partial charge in [0.1, 0.15) is 0 Å². The van der Waals surface area contributed by atoms with Gasteiger partial charge in [-0.15, -0.1) is 12.4 Å². The third kappa shape index (κ3) is 2.11. The summed E-state index contributed by atoms with van der Waals surface area (Å²) in [4.78, 5) is 2.33. The van der Waals surface area contributed by atoms with E-state index in [1.54, 1.807) is 0 Å². The van der Waals surface area contributed by atoms with Gasteiger partial charge in [0.2, 0.25) is 0 Å². The van der Waals surface area contributed by atoms with Crippen molar-refractivity contribution in [1.29, 1.82) is 0 Å². The molecule has 0 aliphatic carbocycles. The summed E-state index contributed by atoms with van der Waals surface area (Å²) in [5.41, 5.74) is 5.83. The first-order valence-corrected chi connectivity index (χ1v) is 3.67. The van der Waals surface area contributed by atoms with E-state index in [-0.39, 0.29) is 12.4 Å². The lowest BCUT2D eigenvalue weighted by atomic mass is 9.99. The predicted molar refractivity (Wildman–Crippen MR) is 46.5 cm³/mol. The molecule has 1 aliphatic rings. The molecule has 2 nitrogen and oxygen atoms in total. The lowest BCUT2D eigenvalue weighted by molar-refractivity contribution is 0.176. The van der Waals surface area contributed by atoms with Crippen molar-refractivity contribution >= 4 is 12.4 Å². The zero-order chi connectivity index (χ0) is 6.85. The second kappa shape index (κ2) is 4.16. The zero-order valence-electron chi connectivity index (χ0n) is 6.71. The highest BCUT2D eigenvalue weighted by atomic mass is 35.5. The van der Waals surface area contributed by atoms with Crippen molar-refractivity contribution in [2.75, 3.05) is 13.6 Å². The summed E-state index contributed by atoms with van der Waals surface area (Å²) in [6, 6.07) is 0.988. The van der Waals surface area contributed by atoms with Crippen LogP contribution in [0.5, 0.6) is 0 Å². The molecular weight excluding hydrogens is 148 g/mol. The minimum Gasteiger partial charge on any atom is -0.326 e. The molecule has 1 rings (SSSR count). The summed E-state index contributed by atoms with van der Waals surface area (Å²) in [6.07, 6.45) is 2.47. The summed E-state index contributed by atoms with van der Waals surface area (Å²) >= 11 is 0. The normalized spacial score (nSPS) is 35.1. The van der Waals surface area contributed by atoms with Crippen molar-refractivity contribution in [2.45, 2.75) is 31.8 Å². The van der Waals surface area contributed by atoms with Gasteiger partial charge in [0.05, 0.1) is 0 Å². The van der Waals surface area contributed by atoms with Crippen LogP contribution in [0.25, 0.3) is 0 Å². The number of rotatable bonds is 0. The van der Waals surface area contributed by atoms with E-state index in [4.69, 9.17) is 5.73 Å². The van der Waals surface area contributed by atoms with Crippen LogP contribution < -0.4 is 5.73 Å². The zero-order valence-corrected chi connectivity index (χ0v) is 7.53. The molecule has 2 N–H and O–H groups in total. The Morgan fingerprint density at radius 3 is 2.50 bits per heavy atom. The van der Waals surface area contributed by atoms with Gasteiger partial charge in [0.15, 0.2) is 0 Å². The van der Waals surface area contributed by atoms with Crippen molar-refractivity contribution in [3.8, 4) is 0 Å². The van der Waals surface area contributed by atoms with E-state index in [0.717, 1.165) is 0 Å². The van der Waals surface area contributed by atoms with Crippen molar-refractivity contribution in [2.24, 2.45) is 5.73 Å². The number of piperidine rings is 1. The fourth-order valence-corrected chi connectivity index (χ4v) is 1.35. The minimum absolute atomic E-state index is 0. The van der Waals surface area contributed by atoms with Crippen molar-refractivity contribution in [1.82, 2.24) is 4.90 Å². The molecule has 2 unspecified atom stereocenters. The third-order valence-electron chi connectivity index (χ3n) is 2.36. The monoisotopic (exact) mass is 164 g/mol. The lowest BCUT2D eigenvalue weighted by Gasteiger charge is -2.34. The molecule has 0 amide bonds. The maximum absolute atomic E-state index is 5.83. The molecule has 62 valence electrons. The Labute approximate surface area is 69.2 Å². The molecular formula is C7H17ClN2. The molecule has 1 heterocycles. The molecule has 2 atom stereocenters. The fraction of sp³-hybridized carbons (Fsp3) is 1.00. The van der Waals surface area contributed by atoms with Crippen molar-refractivity contribution < 1.29 is 0 Å². The first-order valence-electron chi connectivity index (χ1n) is 3.67. The molecule has 1 fully saturated rings. The molecule has 1 saturated heterocycles. The van der Waals surface area contributed by atoms with Crippen LogP contribution in [0.1, 0.15) is 19.8 Å². The number of likely N-dealkylation sites (N-methyl/N-ethyl adjacent to an activating group) is 1. The summed E-state index contributed by atoms with van der Waals surface area (Å²) < 4.78 is 0. The highest BCUT2D eigenvalue weighted by Gasteiger charge is 2.21. The third-order valence-corrected chi connectivity index (χ3v) is 2.36. The lowest BCUT2D eigenvalue weighted by Crippen LogP contribution is -2.48. The Kier molecular flexibility index (Phi) is 4.25. The van der Waals surface area contributed by atoms with E-state index in [2.05, 4.69) is 18.9 Å². The van der Waals surface area contributed by atoms with E-state index < -0.39 is 0 Å². The van der Waals surface area contributed by atoms with Crippen LogP contribution in [-0.2, 0) is 0 Å². The average molecular weight is 165 g/mol. The van der Waals surface area contributed by atoms with E-state index in [9.17, 15) is 0 Å². The first-order chi connectivity index (χ1) is 4.22. The Bertz CT molecular complexity index is 87.6. The molecule has 3 heteroatoms. The topological polar surface area (TPSA) is 29.3 Å². The first kappa shape index (κ1) is 10.2. The predicted octanol–water partition coefficient (Wildman–Crippen LogP) is 0.850. The number of likely N-dealkylation sites (tertiary alicyclic amines) is 1. The molecule has 0 aromatic carbocycles. The number of nitrogens with two attached hydrogens (primary N) is 1. The minimum atomic E-state index is 0. The Morgan fingerprint density at radius 2 is 2.10 bits per heavy atom. The molecule has 0 aromatic rings. The summed E-state index contributed by atoms with van der Waals surface area (Å²) in [7, 11) is 2.14.